The van der Waals surface area contributed by atoms with Crippen LogP contribution < -0.4 is 0 Å². The first-order chi connectivity index (χ1) is 14.7. The van der Waals surface area contributed by atoms with Crippen LogP contribution in [0.3, 0.4) is 0 Å². The smallest absolute Gasteiger partial charge is 0.200 e. The van der Waals surface area contributed by atoms with E-state index in [0.717, 1.165) is 21.8 Å². The van der Waals surface area contributed by atoms with Crippen molar-refractivity contribution in [3.05, 3.63) is 88.9 Å². The predicted octanol–water partition coefficient (Wildman–Crippen LogP) is 7.85. The Balaban J connectivity index is 1.64. The zero-order valence-corrected chi connectivity index (χ0v) is 17.7. The molecule has 5 aromatic rings. The van der Waals surface area contributed by atoms with E-state index in [-0.39, 0.29) is 0 Å². The molecule has 30 heavy (non-hydrogen) atoms. The van der Waals surface area contributed by atoms with Gasteiger partial charge < -0.3 is 0 Å². The summed E-state index contributed by atoms with van der Waals surface area (Å²) in [5.41, 5.74) is 3.32. The van der Waals surface area contributed by atoms with Crippen LogP contribution >= 0.6 is 34.5 Å². The molecule has 0 atom stereocenters. The highest BCUT2D eigenvalue weighted by atomic mass is 35.5. The maximum absolute atomic E-state index is 6.21. The Bertz CT molecular complexity index is 1360. The summed E-state index contributed by atoms with van der Waals surface area (Å²) < 4.78 is 1.81. The highest BCUT2D eigenvalue weighted by Crippen LogP contribution is 2.40. The fraction of sp³-hybridized carbons (Fsp3) is 0. The van der Waals surface area contributed by atoms with E-state index in [2.05, 4.69) is 10.2 Å². The zero-order chi connectivity index (χ0) is 20.5. The van der Waals surface area contributed by atoms with Gasteiger partial charge in [0.15, 0.2) is 10.8 Å². The number of hydrogen-bond donors (Lipinski definition) is 0. The summed E-state index contributed by atoms with van der Waals surface area (Å²) in [5, 5.41) is 15.5. The summed E-state index contributed by atoms with van der Waals surface area (Å²) in [7, 11) is 0. The van der Waals surface area contributed by atoms with Crippen LogP contribution in [-0.4, -0.2) is 14.6 Å². The molecule has 146 valence electrons. The molecule has 0 fully saturated rings. The van der Waals surface area contributed by atoms with Crippen LogP contribution in [0.1, 0.15) is 0 Å². The molecule has 0 aliphatic carbocycles. The molecule has 0 saturated carbocycles. The number of halogens is 2. The lowest BCUT2D eigenvalue weighted by atomic mass is 10.2. The number of fused-ring (bicyclic) bond motifs is 1. The quantitative estimate of drug-likeness (QED) is 0.262. The predicted molar refractivity (Wildman–Crippen MR) is 122 cm³/mol. The van der Waals surface area contributed by atoms with Crippen LogP contribution in [0.25, 0.3) is 27.6 Å². The van der Waals surface area contributed by atoms with Crippen molar-refractivity contribution < 1.29 is 0 Å². The molecular weight excluding hydrogens is 437 g/mol. The van der Waals surface area contributed by atoms with E-state index in [9.17, 15) is 0 Å². The molecule has 5 nitrogen and oxygen atoms in total. The molecule has 8 heteroatoms. The molecule has 0 spiro atoms. The van der Waals surface area contributed by atoms with Crippen LogP contribution in [0, 0.1) is 0 Å². The molecular formula is C22H13Cl2N5S. The van der Waals surface area contributed by atoms with E-state index < -0.39 is 0 Å². The Labute approximate surface area is 186 Å². The Hall–Kier alpha value is -3.06. The lowest BCUT2D eigenvalue weighted by molar-refractivity contribution is 0.987. The summed E-state index contributed by atoms with van der Waals surface area (Å²) in [4.78, 5) is 5.42. The molecule has 0 saturated heterocycles. The van der Waals surface area contributed by atoms with Gasteiger partial charge in [-0.15, -0.1) is 15.3 Å². The molecule has 0 aliphatic rings. The second-order valence-corrected chi connectivity index (χ2v) is 8.21. The second-order valence-electron chi connectivity index (χ2n) is 6.41. The van der Waals surface area contributed by atoms with Crippen molar-refractivity contribution in [3.8, 4) is 22.6 Å². The van der Waals surface area contributed by atoms with E-state index in [0.29, 0.717) is 26.6 Å². The van der Waals surface area contributed by atoms with Gasteiger partial charge in [-0.1, -0.05) is 77.0 Å². The molecule has 0 bridgehead atoms. The van der Waals surface area contributed by atoms with Gasteiger partial charge in [-0.05, 0) is 36.4 Å². The van der Waals surface area contributed by atoms with E-state index in [1.807, 2.05) is 77.3 Å². The van der Waals surface area contributed by atoms with Crippen LogP contribution in [0.4, 0.5) is 10.7 Å². The summed E-state index contributed by atoms with van der Waals surface area (Å²) >= 11 is 13.6. The third-order valence-electron chi connectivity index (χ3n) is 4.43. The summed E-state index contributed by atoms with van der Waals surface area (Å²) in [6, 6.07) is 24.8. The Morgan fingerprint density at radius 2 is 1.50 bits per heavy atom. The monoisotopic (exact) mass is 449 g/mol. The number of benzene rings is 3. The molecule has 0 radical (unpaired) electrons. The largest absolute Gasteiger partial charge is 0.215 e. The fourth-order valence-electron chi connectivity index (χ4n) is 3.00. The van der Waals surface area contributed by atoms with Gasteiger partial charge in [0, 0.05) is 16.1 Å². The Kier molecular flexibility index (Phi) is 5.04. The Morgan fingerprint density at radius 3 is 2.27 bits per heavy atom. The Morgan fingerprint density at radius 1 is 0.767 bits per heavy atom. The van der Waals surface area contributed by atoms with Crippen molar-refractivity contribution in [2.24, 2.45) is 10.2 Å². The molecule has 2 heterocycles. The number of azo groups is 1. The zero-order valence-electron chi connectivity index (χ0n) is 15.4. The van der Waals surface area contributed by atoms with E-state index in [1.165, 1.54) is 11.3 Å². The van der Waals surface area contributed by atoms with E-state index in [1.54, 1.807) is 6.07 Å². The molecule has 5 rings (SSSR count). The van der Waals surface area contributed by atoms with Crippen molar-refractivity contribution in [2.75, 3.05) is 0 Å². The minimum atomic E-state index is 0.548. The average molecular weight is 450 g/mol. The van der Waals surface area contributed by atoms with Crippen LogP contribution in [0.5, 0.6) is 0 Å². The van der Waals surface area contributed by atoms with Crippen molar-refractivity contribution in [1.82, 2.24) is 14.6 Å². The molecule has 0 amide bonds. The normalized spacial score (nSPS) is 11.5. The van der Waals surface area contributed by atoms with Gasteiger partial charge >= 0.3 is 0 Å². The standard InChI is InChI=1S/C22H13Cl2N5S/c23-16-12-10-15(11-13-16)20-25-22-29(28-20)19(14-6-2-1-3-7-14)21(30-22)27-26-18-9-5-4-8-17(18)24/h1-13H. The SMILES string of the molecule is Clc1ccc(-c2nc3sc(N=Nc4ccccc4Cl)c(-c4ccccc4)n3n2)cc1. The van der Waals surface area contributed by atoms with E-state index in [4.69, 9.17) is 33.3 Å². The maximum Gasteiger partial charge on any atom is 0.215 e. The van der Waals surface area contributed by atoms with Gasteiger partial charge in [-0.3, -0.25) is 0 Å². The first-order valence-corrected chi connectivity index (χ1v) is 10.6. The maximum atomic E-state index is 6.21. The lowest BCUT2D eigenvalue weighted by Crippen LogP contribution is -1.89. The summed E-state index contributed by atoms with van der Waals surface area (Å²) in [6.07, 6.45) is 0. The molecule has 0 aliphatic heterocycles. The molecule has 0 N–H and O–H groups in total. The number of thiazole rings is 1. The van der Waals surface area contributed by atoms with Gasteiger partial charge in [0.25, 0.3) is 0 Å². The van der Waals surface area contributed by atoms with Crippen LogP contribution in [-0.2, 0) is 0 Å². The third-order valence-corrected chi connectivity index (χ3v) is 5.92. The topological polar surface area (TPSA) is 54.9 Å². The van der Waals surface area contributed by atoms with Gasteiger partial charge in [0.05, 0.1) is 5.02 Å². The average Bonchev–Trinajstić information content (AvgIpc) is 3.32. The van der Waals surface area contributed by atoms with Crippen LogP contribution in [0.2, 0.25) is 10.0 Å². The lowest BCUT2D eigenvalue weighted by Gasteiger charge is -2.01. The first-order valence-electron chi connectivity index (χ1n) is 9.06. The fourth-order valence-corrected chi connectivity index (χ4v) is 4.20. The number of nitrogens with zero attached hydrogens (tertiary/aromatic N) is 5. The minimum Gasteiger partial charge on any atom is -0.200 e. The third kappa shape index (κ3) is 3.61. The van der Waals surface area contributed by atoms with Crippen molar-refractivity contribution in [1.29, 1.82) is 0 Å². The molecule has 0 unspecified atom stereocenters. The van der Waals surface area contributed by atoms with Gasteiger partial charge in [-0.2, -0.15) is 4.98 Å². The summed E-state index contributed by atoms with van der Waals surface area (Å²) in [6.45, 7) is 0. The molecule has 3 aromatic carbocycles. The van der Waals surface area contributed by atoms with Gasteiger partial charge in [0.2, 0.25) is 4.96 Å². The van der Waals surface area contributed by atoms with Gasteiger partial charge in [0.1, 0.15) is 11.4 Å². The van der Waals surface area contributed by atoms with Crippen molar-refractivity contribution >= 4 is 50.2 Å². The number of aromatic nitrogens is 3. The number of rotatable bonds is 4. The van der Waals surface area contributed by atoms with E-state index >= 15 is 0 Å². The highest BCUT2D eigenvalue weighted by molar-refractivity contribution is 7.21. The van der Waals surface area contributed by atoms with Gasteiger partial charge in [-0.25, -0.2) is 4.52 Å². The minimum absolute atomic E-state index is 0.548. The van der Waals surface area contributed by atoms with Crippen molar-refractivity contribution in [2.45, 2.75) is 0 Å². The van der Waals surface area contributed by atoms with Crippen molar-refractivity contribution in [3.63, 3.8) is 0 Å². The molecule has 2 aromatic heterocycles. The first kappa shape index (κ1) is 18.9. The number of hydrogen-bond acceptors (Lipinski definition) is 5. The second kappa shape index (κ2) is 7.99. The highest BCUT2D eigenvalue weighted by Gasteiger charge is 2.19. The van der Waals surface area contributed by atoms with Crippen LogP contribution in [0.15, 0.2) is 89.1 Å². The summed E-state index contributed by atoms with van der Waals surface area (Å²) in [5.74, 6) is 0.629.